The largest absolute Gasteiger partial charge is 0.377 e. The van der Waals surface area contributed by atoms with Crippen LogP contribution in [0.5, 0.6) is 0 Å². The van der Waals surface area contributed by atoms with Gasteiger partial charge in [-0.15, -0.1) is 0 Å². The summed E-state index contributed by atoms with van der Waals surface area (Å²) in [4.78, 5) is 21.4. The minimum absolute atomic E-state index is 0.123. The summed E-state index contributed by atoms with van der Waals surface area (Å²) in [5.74, 6) is -0.685. The molecular formula is C11H14N4O3. The minimum atomic E-state index is -0.685. The van der Waals surface area contributed by atoms with E-state index in [4.69, 9.17) is 11.5 Å². The standard InChI is InChI=1S/C11H14N4O3/c12-7-4-8(5-7)14-9-2-1-6(11(13)16)3-10(9)15(17)18/h1-3,7-8,14H,4-5,12H2,(H2,13,16). The van der Waals surface area contributed by atoms with Crippen molar-refractivity contribution in [2.75, 3.05) is 5.32 Å². The van der Waals surface area contributed by atoms with E-state index in [1.165, 1.54) is 18.2 Å². The number of nitro benzene ring substituents is 1. The molecule has 0 aliphatic heterocycles. The number of amides is 1. The number of benzene rings is 1. The number of hydrogen-bond acceptors (Lipinski definition) is 5. The lowest BCUT2D eigenvalue weighted by molar-refractivity contribution is -0.384. The molecule has 1 aliphatic rings. The van der Waals surface area contributed by atoms with Crippen LogP contribution in [0, 0.1) is 10.1 Å². The second kappa shape index (κ2) is 4.61. The number of carbonyl (C=O) groups is 1. The van der Waals surface area contributed by atoms with Crippen LogP contribution >= 0.6 is 0 Å². The number of primary amides is 1. The third-order valence-corrected chi connectivity index (χ3v) is 3.01. The average Bonchev–Trinajstić information content (AvgIpc) is 2.26. The SMILES string of the molecule is NC(=O)c1ccc(NC2CC(N)C2)c([N+](=O)[O-])c1. The first-order chi connectivity index (χ1) is 8.47. The Bertz CT molecular complexity index is 497. The minimum Gasteiger partial charge on any atom is -0.377 e. The monoisotopic (exact) mass is 250 g/mol. The van der Waals surface area contributed by atoms with Gasteiger partial charge in [-0.1, -0.05) is 0 Å². The lowest BCUT2D eigenvalue weighted by Gasteiger charge is -2.33. The number of nitro groups is 1. The van der Waals surface area contributed by atoms with E-state index in [2.05, 4.69) is 5.32 Å². The third kappa shape index (κ3) is 2.40. The molecule has 0 atom stereocenters. The van der Waals surface area contributed by atoms with Gasteiger partial charge in [0.25, 0.3) is 5.69 Å². The van der Waals surface area contributed by atoms with Crippen LogP contribution in [0.25, 0.3) is 0 Å². The molecule has 1 aliphatic carbocycles. The average molecular weight is 250 g/mol. The van der Waals surface area contributed by atoms with Crippen LogP contribution in [-0.4, -0.2) is 22.9 Å². The van der Waals surface area contributed by atoms with Gasteiger partial charge >= 0.3 is 0 Å². The molecule has 96 valence electrons. The molecule has 18 heavy (non-hydrogen) atoms. The van der Waals surface area contributed by atoms with Crippen molar-refractivity contribution in [1.29, 1.82) is 0 Å². The summed E-state index contributed by atoms with van der Waals surface area (Å²) >= 11 is 0. The van der Waals surface area contributed by atoms with Crippen LogP contribution in [-0.2, 0) is 0 Å². The summed E-state index contributed by atoms with van der Waals surface area (Å²) in [7, 11) is 0. The molecule has 0 spiro atoms. The highest BCUT2D eigenvalue weighted by atomic mass is 16.6. The zero-order valence-electron chi connectivity index (χ0n) is 9.63. The lowest BCUT2D eigenvalue weighted by Crippen LogP contribution is -2.44. The van der Waals surface area contributed by atoms with Gasteiger partial charge in [-0.2, -0.15) is 0 Å². The van der Waals surface area contributed by atoms with Crippen molar-refractivity contribution in [3.05, 3.63) is 33.9 Å². The number of rotatable bonds is 4. The van der Waals surface area contributed by atoms with Crippen LogP contribution in [0.2, 0.25) is 0 Å². The summed E-state index contributed by atoms with van der Waals surface area (Å²) in [5, 5.41) is 14.0. The highest BCUT2D eigenvalue weighted by molar-refractivity contribution is 5.94. The Morgan fingerprint density at radius 1 is 1.44 bits per heavy atom. The van der Waals surface area contributed by atoms with Crippen LogP contribution in [0.1, 0.15) is 23.2 Å². The highest BCUT2D eigenvalue weighted by Crippen LogP contribution is 2.30. The summed E-state index contributed by atoms with van der Waals surface area (Å²) in [6, 6.07) is 4.46. The molecule has 0 heterocycles. The van der Waals surface area contributed by atoms with E-state index in [0.29, 0.717) is 5.69 Å². The molecule has 0 bridgehead atoms. The Hall–Kier alpha value is -2.15. The Balaban J connectivity index is 2.23. The first kappa shape index (κ1) is 12.3. The molecule has 1 fully saturated rings. The molecule has 1 saturated carbocycles. The van der Waals surface area contributed by atoms with Gasteiger partial charge in [0.1, 0.15) is 5.69 Å². The van der Waals surface area contributed by atoms with Gasteiger partial charge in [-0.25, -0.2) is 0 Å². The van der Waals surface area contributed by atoms with Gasteiger partial charge in [0.05, 0.1) is 4.92 Å². The maximum atomic E-state index is 11.0. The smallest absolute Gasteiger partial charge is 0.293 e. The molecule has 7 nitrogen and oxygen atoms in total. The number of nitrogens with one attached hydrogen (secondary N) is 1. The van der Waals surface area contributed by atoms with Gasteiger partial charge in [-0.05, 0) is 25.0 Å². The Kier molecular flexibility index (Phi) is 3.15. The van der Waals surface area contributed by atoms with Crippen LogP contribution in [0.4, 0.5) is 11.4 Å². The van der Waals surface area contributed by atoms with Crippen molar-refractivity contribution in [2.24, 2.45) is 11.5 Å². The van der Waals surface area contributed by atoms with Crippen molar-refractivity contribution < 1.29 is 9.72 Å². The van der Waals surface area contributed by atoms with Gasteiger partial charge < -0.3 is 16.8 Å². The first-order valence-corrected chi connectivity index (χ1v) is 5.57. The molecule has 1 amide bonds. The molecule has 5 N–H and O–H groups in total. The van der Waals surface area contributed by atoms with Gasteiger partial charge in [0.2, 0.25) is 5.91 Å². The molecule has 0 unspecified atom stereocenters. The summed E-state index contributed by atoms with van der Waals surface area (Å²) in [6.45, 7) is 0. The first-order valence-electron chi connectivity index (χ1n) is 5.57. The summed E-state index contributed by atoms with van der Waals surface area (Å²) in [5.41, 5.74) is 11.1. The fourth-order valence-corrected chi connectivity index (χ4v) is 1.96. The zero-order chi connectivity index (χ0) is 13.3. The van der Waals surface area contributed by atoms with Crippen molar-refractivity contribution >= 4 is 17.3 Å². The van der Waals surface area contributed by atoms with E-state index in [-0.39, 0.29) is 23.3 Å². The van der Waals surface area contributed by atoms with Crippen LogP contribution in [0.3, 0.4) is 0 Å². The quantitative estimate of drug-likeness (QED) is 0.533. The summed E-state index contributed by atoms with van der Waals surface area (Å²) in [6.07, 6.45) is 1.57. The maximum Gasteiger partial charge on any atom is 0.293 e. The summed E-state index contributed by atoms with van der Waals surface area (Å²) < 4.78 is 0. The predicted octanol–water partition coefficient (Wildman–Crippen LogP) is 0.595. The fourth-order valence-electron chi connectivity index (χ4n) is 1.96. The Morgan fingerprint density at radius 3 is 2.61 bits per heavy atom. The van der Waals surface area contributed by atoms with E-state index in [0.717, 1.165) is 12.8 Å². The van der Waals surface area contributed by atoms with E-state index >= 15 is 0 Å². The molecule has 1 aromatic rings. The van der Waals surface area contributed by atoms with Gasteiger partial charge in [0, 0.05) is 23.7 Å². The van der Waals surface area contributed by atoms with Crippen LogP contribution < -0.4 is 16.8 Å². The topological polar surface area (TPSA) is 124 Å². The van der Waals surface area contributed by atoms with Crippen molar-refractivity contribution in [3.8, 4) is 0 Å². The second-order valence-electron chi connectivity index (χ2n) is 4.43. The second-order valence-corrected chi connectivity index (χ2v) is 4.43. The van der Waals surface area contributed by atoms with E-state index in [9.17, 15) is 14.9 Å². The number of nitrogens with zero attached hydrogens (tertiary/aromatic N) is 1. The predicted molar refractivity (Wildman–Crippen MR) is 66.2 cm³/mol. The van der Waals surface area contributed by atoms with Gasteiger partial charge in [-0.3, -0.25) is 14.9 Å². The fraction of sp³-hybridized carbons (Fsp3) is 0.364. The van der Waals surface area contributed by atoms with E-state index in [1.807, 2.05) is 0 Å². The number of hydrogen-bond donors (Lipinski definition) is 3. The maximum absolute atomic E-state index is 11.0. The number of anilines is 1. The zero-order valence-corrected chi connectivity index (χ0v) is 9.63. The number of carbonyl (C=O) groups excluding carboxylic acids is 1. The van der Waals surface area contributed by atoms with Crippen molar-refractivity contribution in [1.82, 2.24) is 0 Å². The van der Waals surface area contributed by atoms with Crippen molar-refractivity contribution in [2.45, 2.75) is 24.9 Å². The molecule has 1 aromatic carbocycles. The van der Waals surface area contributed by atoms with Crippen LogP contribution in [0.15, 0.2) is 18.2 Å². The molecule has 2 rings (SSSR count). The van der Waals surface area contributed by atoms with E-state index in [1.54, 1.807) is 0 Å². The normalized spacial score (nSPS) is 22.1. The Labute approximate surface area is 103 Å². The van der Waals surface area contributed by atoms with Gasteiger partial charge in [0.15, 0.2) is 0 Å². The highest BCUT2D eigenvalue weighted by Gasteiger charge is 2.28. The molecule has 7 heteroatoms. The third-order valence-electron chi connectivity index (χ3n) is 3.01. The Morgan fingerprint density at radius 2 is 2.11 bits per heavy atom. The molecule has 0 aromatic heterocycles. The lowest BCUT2D eigenvalue weighted by atomic mass is 9.87. The molecule has 0 radical (unpaired) electrons. The van der Waals surface area contributed by atoms with E-state index < -0.39 is 10.8 Å². The van der Waals surface area contributed by atoms with Crippen molar-refractivity contribution in [3.63, 3.8) is 0 Å². The number of nitrogens with two attached hydrogens (primary N) is 2. The molecule has 0 saturated heterocycles. The molecular weight excluding hydrogens is 236 g/mol.